The lowest BCUT2D eigenvalue weighted by molar-refractivity contribution is 0.338. The predicted octanol–water partition coefficient (Wildman–Crippen LogP) is 3.86. The van der Waals surface area contributed by atoms with Crippen LogP contribution in [0.15, 0.2) is 12.1 Å². The summed E-state index contributed by atoms with van der Waals surface area (Å²) in [5, 5.41) is 13.5. The van der Waals surface area contributed by atoms with Gasteiger partial charge < -0.3 is 19.9 Å². The van der Waals surface area contributed by atoms with Crippen LogP contribution in [0.3, 0.4) is 0 Å². The van der Waals surface area contributed by atoms with Crippen LogP contribution in [0.25, 0.3) is 0 Å². The van der Waals surface area contributed by atoms with E-state index in [1.54, 1.807) is 14.2 Å². The molecule has 0 aliphatic carbocycles. The Kier molecular flexibility index (Phi) is 7.98. The molecular weight excluding hydrogens is 266 g/mol. The van der Waals surface area contributed by atoms with Crippen molar-refractivity contribution in [3.63, 3.8) is 0 Å². The van der Waals surface area contributed by atoms with Crippen molar-refractivity contribution in [1.82, 2.24) is 5.32 Å². The van der Waals surface area contributed by atoms with Gasteiger partial charge in [-0.2, -0.15) is 0 Å². The molecule has 0 radical (unpaired) electrons. The number of nitrogens with one attached hydrogen (secondary N) is 1. The van der Waals surface area contributed by atoms with Gasteiger partial charge >= 0.3 is 0 Å². The van der Waals surface area contributed by atoms with Crippen molar-refractivity contribution in [3.8, 4) is 17.2 Å². The van der Waals surface area contributed by atoms with Gasteiger partial charge in [-0.3, -0.25) is 0 Å². The molecule has 4 heteroatoms. The molecule has 0 aromatic heterocycles. The van der Waals surface area contributed by atoms with Crippen LogP contribution in [0.5, 0.6) is 17.2 Å². The summed E-state index contributed by atoms with van der Waals surface area (Å²) in [6.45, 7) is 5.19. The summed E-state index contributed by atoms with van der Waals surface area (Å²) in [4.78, 5) is 0. The summed E-state index contributed by atoms with van der Waals surface area (Å²) in [5.74, 6) is 0.957. The number of phenolic OH excluding ortho intramolecular Hbond substituents is 1. The monoisotopic (exact) mass is 295 g/mol. The summed E-state index contributed by atoms with van der Waals surface area (Å²) >= 11 is 0. The summed E-state index contributed by atoms with van der Waals surface area (Å²) in [6, 6.07) is 4.25. The van der Waals surface area contributed by atoms with Crippen LogP contribution in [-0.2, 0) is 6.54 Å². The molecule has 1 atom stereocenters. The van der Waals surface area contributed by atoms with Gasteiger partial charge in [-0.25, -0.2) is 0 Å². The van der Waals surface area contributed by atoms with E-state index in [4.69, 9.17) is 9.47 Å². The molecule has 21 heavy (non-hydrogen) atoms. The molecule has 1 aromatic rings. The lowest BCUT2D eigenvalue weighted by atomic mass is 10.0. The lowest BCUT2D eigenvalue weighted by Crippen LogP contribution is -2.28. The summed E-state index contributed by atoms with van der Waals surface area (Å²) < 4.78 is 10.4. The molecule has 0 aliphatic heterocycles. The van der Waals surface area contributed by atoms with Gasteiger partial charge in [0.2, 0.25) is 5.75 Å². The van der Waals surface area contributed by atoms with E-state index < -0.39 is 0 Å². The first kappa shape index (κ1) is 17.6. The lowest BCUT2D eigenvalue weighted by Gasteiger charge is -2.19. The standard InChI is InChI=1S/C17H29NO3/c1-5-7-9-14(8-6-2)18-12-13-10-15(20-3)17(19)16(11-13)21-4/h10-11,14,18-19H,5-9,12H2,1-4H3. The zero-order valence-electron chi connectivity index (χ0n) is 13.7. The van der Waals surface area contributed by atoms with E-state index in [0.717, 1.165) is 12.1 Å². The van der Waals surface area contributed by atoms with Crippen molar-refractivity contribution in [2.24, 2.45) is 0 Å². The van der Waals surface area contributed by atoms with Crippen molar-refractivity contribution in [2.75, 3.05) is 14.2 Å². The Morgan fingerprint density at radius 1 is 1.05 bits per heavy atom. The van der Waals surface area contributed by atoms with Crippen molar-refractivity contribution in [1.29, 1.82) is 0 Å². The molecule has 120 valence electrons. The maximum Gasteiger partial charge on any atom is 0.200 e. The third-order valence-electron chi connectivity index (χ3n) is 3.68. The molecule has 0 saturated carbocycles. The second kappa shape index (κ2) is 9.50. The summed E-state index contributed by atoms with van der Waals surface area (Å²) in [7, 11) is 3.10. The molecule has 1 unspecified atom stereocenters. The number of ether oxygens (including phenoxy) is 2. The quantitative estimate of drug-likeness (QED) is 0.688. The van der Waals surface area contributed by atoms with Crippen molar-refractivity contribution >= 4 is 0 Å². The Morgan fingerprint density at radius 2 is 1.67 bits per heavy atom. The van der Waals surface area contributed by atoms with Gasteiger partial charge in [-0.15, -0.1) is 0 Å². The highest BCUT2D eigenvalue weighted by Gasteiger charge is 2.12. The molecule has 0 spiro atoms. The summed E-state index contributed by atoms with van der Waals surface area (Å²) in [6.07, 6.45) is 6.05. The summed E-state index contributed by atoms with van der Waals surface area (Å²) in [5.41, 5.74) is 1.05. The van der Waals surface area contributed by atoms with Crippen LogP contribution >= 0.6 is 0 Å². The molecule has 0 bridgehead atoms. The second-order valence-corrected chi connectivity index (χ2v) is 5.36. The van der Waals surface area contributed by atoms with Gasteiger partial charge in [0.05, 0.1) is 14.2 Å². The first-order valence-corrected chi connectivity index (χ1v) is 7.83. The second-order valence-electron chi connectivity index (χ2n) is 5.36. The average molecular weight is 295 g/mol. The number of aromatic hydroxyl groups is 1. The number of methoxy groups -OCH3 is 2. The number of hydrogen-bond acceptors (Lipinski definition) is 4. The van der Waals surface area contributed by atoms with Gasteiger partial charge in [-0.1, -0.05) is 33.1 Å². The molecule has 1 rings (SSSR count). The molecule has 4 nitrogen and oxygen atoms in total. The zero-order chi connectivity index (χ0) is 15.7. The van der Waals surface area contributed by atoms with E-state index in [0.29, 0.717) is 17.5 Å². The Morgan fingerprint density at radius 3 is 2.14 bits per heavy atom. The van der Waals surface area contributed by atoms with Crippen molar-refractivity contribution in [3.05, 3.63) is 17.7 Å². The van der Waals surface area contributed by atoms with Gasteiger partial charge in [0.1, 0.15) is 0 Å². The van der Waals surface area contributed by atoms with Crippen LogP contribution in [-0.4, -0.2) is 25.4 Å². The number of hydrogen-bond donors (Lipinski definition) is 2. The van der Waals surface area contributed by atoms with Crippen LogP contribution in [0, 0.1) is 0 Å². The Hall–Kier alpha value is -1.42. The third kappa shape index (κ3) is 5.46. The predicted molar refractivity (Wildman–Crippen MR) is 86.3 cm³/mol. The van der Waals surface area contributed by atoms with Gasteiger partial charge in [0.25, 0.3) is 0 Å². The van der Waals surface area contributed by atoms with Crippen molar-refractivity contribution in [2.45, 2.75) is 58.5 Å². The SMILES string of the molecule is CCCCC(CCC)NCc1cc(OC)c(O)c(OC)c1. The molecule has 1 aromatic carbocycles. The average Bonchev–Trinajstić information content (AvgIpc) is 2.51. The van der Waals surface area contributed by atoms with Gasteiger partial charge in [0, 0.05) is 12.6 Å². The number of rotatable bonds is 10. The zero-order valence-corrected chi connectivity index (χ0v) is 13.7. The van der Waals surface area contributed by atoms with E-state index in [9.17, 15) is 5.11 Å². The minimum atomic E-state index is 0.0554. The molecule has 0 amide bonds. The molecule has 0 aliphatic rings. The highest BCUT2D eigenvalue weighted by molar-refractivity contribution is 5.52. The Bertz CT molecular complexity index is 395. The third-order valence-corrected chi connectivity index (χ3v) is 3.68. The fourth-order valence-electron chi connectivity index (χ4n) is 2.46. The van der Waals surface area contributed by atoms with Crippen LogP contribution in [0.4, 0.5) is 0 Å². The van der Waals surface area contributed by atoms with Crippen LogP contribution in [0.2, 0.25) is 0 Å². The minimum absolute atomic E-state index is 0.0554. The number of benzene rings is 1. The maximum absolute atomic E-state index is 9.92. The minimum Gasteiger partial charge on any atom is -0.502 e. The molecule has 0 heterocycles. The Labute approximate surface area is 128 Å². The van der Waals surface area contributed by atoms with E-state index in [1.165, 1.54) is 32.1 Å². The smallest absolute Gasteiger partial charge is 0.200 e. The maximum atomic E-state index is 9.92. The van der Waals surface area contributed by atoms with E-state index in [2.05, 4.69) is 19.2 Å². The van der Waals surface area contributed by atoms with Gasteiger partial charge in [0.15, 0.2) is 11.5 Å². The largest absolute Gasteiger partial charge is 0.502 e. The molecule has 0 fully saturated rings. The number of phenols is 1. The van der Waals surface area contributed by atoms with Gasteiger partial charge in [-0.05, 0) is 30.5 Å². The first-order chi connectivity index (χ1) is 10.2. The number of unbranched alkanes of at least 4 members (excludes halogenated alkanes) is 1. The van der Waals surface area contributed by atoms with E-state index >= 15 is 0 Å². The highest BCUT2D eigenvalue weighted by Crippen LogP contribution is 2.37. The Balaban J connectivity index is 2.72. The highest BCUT2D eigenvalue weighted by atomic mass is 16.5. The molecular formula is C17H29NO3. The normalized spacial score (nSPS) is 12.2. The van der Waals surface area contributed by atoms with E-state index in [1.807, 2.05) is 12.1 Å². The molecule has 0 saturated heterocycles. The first-order valence-electron chi connectivity index (χ1n) is 7.83. The van der Waals surface area contributed by atoms with Crippen LogP contribution < -0.4 is 14.8 Å². The fraction of sp³-hybridized carbons (Fsp3) is 0.647. The topological polar surface area (TPSA) is 50.7 Å². The van der Waals surface area contributed by atoms with Crippen LogP contribution in [0.1, 0.15) is 51.5 Å². The fourth-order valence-corrected chi connectivity index (χ4v) is 2.46. The molecule has 2 N–H and O–H groups in total. The van der Waals surface area contributed by atoms with Crippen molar-refractivity contribution < 1.29 is 14.6 Å². The van der Waals surface area contributed by atoms with E-state index in [-0.39, 0.29) is 5.75 Å².